The molecule has 0 saturated carbocycles. The van der Waals surface area contributed by atoms with Crippen molar-refractivity contribution in [2.75, 3.05) is 11.9 Å². The highest BCUT2D eigenvalue weighted by Crippen LogP contribution is 2.30. The lowest BCUT2D eigenvalue weighted by Crippen LogP contribution is -2.21. The molecule has 1 N–H and O–H groups in total. The third-order valence-electron chi connectivity index (χ3n) is 7.17. The molecule has 45 heavy (non-hydrogen) atoms. The number of hydrogen-bond acceptors (Lipinski definition) is 6. The van der Waals surface area contributed by atoms with Crippen LogP contribution in [0, 0.1) is 0 Å². The maximum absolute atomic E-state index is 13.8. The molecule has 0 radical (unpaired) electrons. The molecule has 0 unspecified atom stereocenters. The number of para-hydroxylation sites is 1. The number of anilines is 1. The first kappa shape index (κ1) is 28.5. The zero-order valence-corrected chi connectivity index (χ0v) is 25.7. The molecule has 0 aliphatic carbocycles. The highest BCUT2D eigenvalue weighted by atomic mass is 79.9. The number of furan rings is 1. The van der Waals surface area contributed by atoms with E-state index in [9.17, 15) is 9.59 Å². The molecule has 7 aromatic rings. The molecular weight excluding hydrogens is 656 g/mol. The number of hydrogen-bond donors (Lipinski definition) is 1. The van der Waals surface area contributed by atoms with Crippen molar-refractivity contribution >= 4 is 78.0 Å². The Morgan fingerprint density at radius 1 is 0.933 bits per heavy atom. The molecule has 1 amide bonds. The second kappa shape index (κ2) is 12.0. The smallest absolute Gasteiger partial charge is 0.282 e. The topological polar surface area (TPSA) is 98.7 Å². The Balaban J connectivity index is 1.30. The maximum atomic E-state index is 13.8. The molecule has 5 aromatic carbocycles. The van der Waals surface area contributed by atoms with Crippen LogP contribution in [0.25, 0.3) is 44.2 Å². The van der Waals surface area contributed by atoms with Gasteiger partial charge in [-0.2, -0.15) is 9.78 Å². The first-order chi connectivity index (χ1) is 21.9. The molecule has 2 aromatic heterocycles. The van der Waals surface area contributed by atoms with Gasteiger partial charge in [0, 0.05) is 26.1 Å². The summed E-state index contributed by atoms with van der Waals surface area (Å²) < 4.78 is 14.3. The Hall–Kier alpha value is -5.25. The summed E-state index contributed by atoms with van der Waals surface area (Å²) in [7, 11) is 0. The zero-order valence-electron chi connectivity index (χ0n) is 23.4. The first-order valence-corrected chi connectivity index (χ1v) is 15.1. The van der Waals surface area contributed by atoms with Gasteiger partial charge in [0.25, 0.3) is 11.5 Å². The van der Waals surface area contributed by atoms with Gasteiger partial charge >= 0.3 is 0 Å². The normalized spacial score (nSPS) is 11.5. The number of benzene rings is 5. The fourth-order valence-corrected chi connectivity index (χ4v) is 5.54. The first-order valence-electron chi connectivity index (χ1n) is 13.9. The van der Waals surface area contributed by atoms with Crippen molar-refractivity contribution in [1.82, 2.24) is 9.66 Å². The van der Waals surface area contributed by atoms with E-state index in [1.807, 2.05) is 60.7 Å². The maximum Gasteiger partial charge on any atom is 0.282 e. The lowest BCUT2D eigenvalue weighted by atomic mass is 10.0. The summed E-state index contributed by atoms with van der Waals surface area (Å²) in [5, 5.41) is 11.0. The summed E-state index contributed by atoms with van der Waals surface area (Å²) >= 11 is 9.45. The Labute approximate surface area is 269 Å². The summed E-state index contributed by atoms with van der Waals surface area (Å²) in [6.07, 6.45) is 1.55. The van der Waals surface area contributed by atoms with Crippen LogP contribution in [0.15, 0.2) is 128 Å². The number of fused-ring (bicyclic) bond motifs is 3. The Morgan fingerprint density at radius 3 is 2.56 bits per heavy atom. The number of nitrogens with one attached hydrogen (secondary N) is 1. The minimum absolute atomic E-state index is 0.243. The molecule has 0 aliphatic heterocycles. The summed E-state index contributed by atoms with van der Waals surface area (Å²) in [6, 6.07) is 32.8. The zero-order chi connectivity index (χ0) is 30.9. The van der Waals surface area contributed by atoms with E-state index in [1.165, 1.54) is 4.68 Å². The van der Waals surface area contributed by atoms with Crippen molar-refractivity contribution in [3.8, 4) is 17.3 Å². The number of carbonyl (C=O) groups excluding carboxylic acids is 1. The van der Waals surface area contributed by atoms with E-state index in [-0.39, 0.29) is 23.9 Å². The van der Waals surface area contributed by atoms with Crippen molar-refractivity contribution in [3.63, 3.8) is 0 Å². The fourth-order valence-electron chi connectivity index (χ4n) is 5.04. The molecule has 0 spiro atoms. The van der Waals surface area contributed by atoms with Gasteiger partial charge in [-0.1, -0.05) is 70.0 Å². The SMILES string of the molecule is O=C(COc1ccc2ccccc2c1C=Nn1c(-c2cc3cc(Br)ccc3o2)nc2ccccc2c1=O)Nc1ccc(Cl)cc1. The lowest BCUT2D eigenvalue weighted by Gasteiger charge is -2.13. The lowest BCUT2D eigenvalue weighted by molar-refractivity contribution is -0.118. The van der Waals surface area contributed by atoms with Gasteiger partial charge < -0.3 is 14.5 Å². The quantitative estimate of drug-likeness (QED) is 0.171. The molecular formula is C35H22BrClN4O4. The molecule has 0 bridgehead atoms. The van der Waals surface area contributed by atoms with Crippen molar-refractivity contribution < 1.29 is 13.9 Å². The second-order valence-corrected chi connectivity index (χ2v) is 11.5. The average Bonchev–Trinajstić information content (AvgIpc) is 3.47. The molecule has 220 valence electrons. The number of aromatic nitrogens is 2. The van der Waals surface area contributed by atoms with Crippen molar-refractivity contribution in [1.29, 1.82) is 0 Å². The molecule has 0 aliphatic rings. The van der Waals surface area contributed by atoms with Crippen LogP contribution < -0.4 is 15.6 Å². The number of amides is 1. The third kappa shape index (κ3) is 5.83. The third-order valence-corrected chi connectivity index (χ3v) is 7.92. The molecule has 10 heteroatoms. The van der Waals surface area contributed by atoms with Gasteiger partial charge in [0.05, 0.1) is 17.1 Å². The van der Waals surface area contributed by atoms with Crippen LogP contribution in [0.1, 0.15) is 5.56 Å². The summed E-state index contributed by atoms with van der Waals surface area (Å²) in [5.74, 6) is 0.700. The van der Waals surface area contributed by atoms with Crippen LogP contribution in [0.2, 0.25) is 5.02 Å². The van der Waals surface area contributed by atoms with Crippen LogP contribution in [0.5, 0.6) is 5.75 Å². The summed E-state index contributed by atoms with van der Waals surface area (Å²) in [5.41, 5.74) is 1.99. The average molecular weight is 678 g/mol. The van der Waals surface area contributed by atoms with Crippen LogP contribution in [0.4, 0.5) is 5.69 Å². The molecule has 0 fully saturated rings. The van der Waals surface area contributed by atoms with Crippen molar-refractivity contribution in [2.45, 2.75) is 0 Å². The van der Waals surface area contributed by atoms with Crippen molar-refractivity contribution in [3.05, 3.63) is 135 Å². The minimum atomic E-state index is -0.362. The molecule has 0 saturated heterocycles. The largest absolute Gasteiger partial charge is 0.483 e. The van der Waals surface area contributed by atoms with Crippen LogP contribution in [0.3, 0.4) is 0 Å². The summed E-state index contributed by atoms with van der Waals surface area (Å²) in [4.78, 5) is 31.3. The fraction of sp³-hybridized carbons (Fsp3) is 0.0286. The van der Waals surface area contributed by atoms with Crippen LogP contribution in [-0.2, 0) is 4.79 Å². The van der Waals surface area contributed by atoms with E-state index < -0.39 is 0 Å². The highest BCUT2D eigenvalue weighted by molar-refractivity contribution is 9.10. The van der Waals surface area contributed by atoms with Gasteiger partial charge in [-0.3, -0.25) is 9.59 Å². The predicted octanol–water partition coefficient (Wildman–Crippen LogP) is 8.28. The summed E-state index contributed by atoms with van der Waals surface area (Å²) in [6.45, 7) is -0.251. The van der Waals surface area contributed by atoms with Gasteiger partial charge in [0.2, 0.25) is 5.82 Å². The Bertz CT molecular complexity index is 2330. The van der Waals surface area contributed by atoms with Crippen molar-refractivity contribution in [2.24, 2.45) is 5.10 Å². The second-order valence-electron chi connectivity index (χ2n) is 10.1. The number of carbonyl (C=O) groups is 1. The number of ether oxygens (including phenoxy) is 1. The van der Waals surface area contributed by atoms with Gasteiger partial charge in [0.1, 0.15) is 11.3 Å². The standard InChI is InChI=1S/C35H22BrClN4O4/c36-23-10-16-30-22(17-23)18-32(45-30)34-40-29-8-4-3-7-27(29)35(43)41(34)38-19-28-26-6-2-1-5-21(26)9-15-31(28)44-20-33(42)39-25-13-11-24(37)12-14-25/h1-19H,20H2,(H,39,42). The van der Waals surface area contributed by atoms with Gasteiger partial charge in [-0.15, -0.1) is 0 Å². The van der Waals surface area contributed by atoms with E-state index in [2.05, 4.69) is 26.3 Å². The Kier molecular flexibility index (Phi) is 7.62. The van der Waals surface area contributed by atoms with E-state index in [1.54, 1.807) is 54.7 Å². The molecule has 7 rings (SSSR count). The van der Waals surface area contributed by atoms with Gasteiger partial charge in [-0.25, -0.2) is 4.98 Å². The predicted molar refractivity (Wildman–Crippen MR) is 181 cm³/mol. The minimum Gasteiger partial charge on any atom is -0.483 e. The molecule has 0 atom stereocenters. The van der Waals surface area contributed by atoms with Gasteiger partial charge in [-0.05, 0) is 77.5 Å². The monoisotopic (exact) mass is 676 g/mol. The number of rotatable bonds is 7. The van der Waals surface area contributed by atoms with E-state index >= 15 is 0 Å². The number of nitrogens with zero attached hydrogens (tertiary/aromatic N) is 3. The number of halogens is 2. The Morgan fingerprint density at radius 2 is 1.71 bits per heavy atom. The van der Waals surface area contributed by atoms with E-state index in [0.717, 1.165) is 20.6 Å². The van der Waals surface area contributed by atoms with Crippen LogP contribution >= 0.6 is 27.5 Å². The van der Waals surface area contributed by atoms with E-state index in [4.69, 9.17) is 25.7 Å². The molecule has 8 nitrogen and oxygen atoms in total. The van der Waals surface area contributed by atoms with Gasteiger partial charge in [0.15, 0.2) is 12.4 Å². The van der Waals surface area contributed by atoms with Crippen LogP contribution in [-0.4, -0.2) is 28.4 Å². The van der Waals surface area contributed by atoms with E-state index in [0.29, 0.717) is 44.3 Å². The molecule has 2 heterocycles. The highest BCUT2D eigenvalue weighted by Gasteiger charge is 2.17.